The maximum Gasteiger partial charge on any atom is 0.243 e. The lowest BCUT2D eigenvalue weighted by atomic mass is 9.99. The van der Waals surface area contributed by atoms with Crippen LogP contribution >= 0.6 is 0 Å². The van der Waals surface area contributed by atoms with Gasteiger partial charge in [-0.05, 0) is 36.5 Å². The van der Waals surface area contributed by atoms with Crippen molar-refractivity contribution in [3.05, 3.63) is 29.8 Å². The molecule has 0 saturated carbocycles. The van der Waals surface area contributed by atoms with Crippen molar-refractivity contribution in [1.82, 2.24) is 4.31 Å². The second-order valence-corrected chi connectivity index (χ2v) is 8.54. The molecule has 5 nitrogen and oxygen atoms in total. The van der Waals surface area contributed by atoms with Crippen LogP contribution in [0, 0.1) is 5.92 Å². The Morgan fingerprint density at radius 2 is 1.78 bits per heavy atom. The second kappa shape index (κ2) is 6.89. The molecular formula is C17H25NO4S. The summed E-state index contributed by atoms with van der Waals surface area (Å²) < 4.78 is 38.4. The third-order valence-electron chi connectivity index (χ3n) is 4.64. The van der Waals surface area contributed by atoms with Gasteiger partial charge in [-0.15, -0.1) is 0 Å². The summed E-state index contributed by atoms with van der Waals surface area (Å²) in [6.07, 6.45) is 1.54. The van der Waals surface area contributed by atoms with Gasteiger partial charge >= 0.3 is 0 Å². The van der Waals surface area contributed by atoms with E-state index in [1.54, 1.807) is 16.4 Å². The van der Waals surface area contributed by atoms with Gasteiger partial charge in [0.15, 0.2) is 6.29 Å². The van der Waals surface area contributed by atoms with Gasteiger partial charge in [-0.1, -0.05) is 26.0 Å². The lowest BCUT2D eigenvalue weighted by Crippen LogP contribution is -2.43. The van der Waals surface area contributed by atoms with E-state index >= 15 is 0 Å². The predicted octanol–water partition coefficient (Wildman–Crippen LogP) is 2.58. The maximum atomic E-state index is 12.9. The fraction of sp³-hybridized carbons (Fsp3) is 0.647. The van der Waals surface area contributed by atoms with Gasteiger partial charge in [0.1, 0.15) is 0 Å². The Morgan fingerprint density at radius 3 is 2.39 bits per heavy atom. The number of nitrogens with zero attached hydrogens (tertiary/aromatic N) is 1. The lowest BCUT2D eigenvalue weighted by Gasteiger charge is -2.33. The number of hydrogen-bond donors (Lipinski definition) is 0. The van der Waals surface area contributed by atoms with E-state index in [4.69, 9.17) is 9.47 Å². The van der Waals surface area contributed by atoms with E-state index in [2.05, 4.69) is 13.8 Å². The minimum absolute atomic E-state index is 0.121. The summed E-state index contributed by atoms with van der Waals surface area (Å²) in [7, 11) is -3.44. The van der Waals surface area contributed by atoms with Gasteiger partial charge in [0, 0.05) is 19.0 Å². The molecule has 2 aliphatic heterocycles. The van der Waals surface area contributed by atoms with Crippen molar-refractivity contribution in [3.63, 3.8) is 0 Å². The Kier molecular flexibility index (Phi) is 5.06. The molecule has 128 valence electrons. The van der Waals surface area contributed by atoms with Gasteiger partial charge in [0.25, 0.3) is 0 Å². The molecule has 2 heterocycles. The number of benzene rings is 1. The summed E-state index contributed by atoms with van der Waals surface area (Å²) in [5, 5.41) is 0. The predicted molar refractivity (Wildman–Crippen MR) is 87.7 cm³/mol. The van der Waals surface area contributed by atoms with Crippen LogP contribution in [0.25, 0.3) is 0 Å². The second-order valence-electron chi connectivity index (χ2n) is 6.60. The monoisotopic (exact) mass is 339 g/mol. The molecule has 0 aliphatic carbocycles. The lowest BCUT2D eigenvalue weighted by molar-refractivity contribution is -0.0940. The van der Waals surface area contributed by atoms with Gasteiger partial charge in [0.05, 0.1) is 18.1 Å². The minimum Gasteiger partial charge on any atom is -0.350 e. The van der Waals surface area contributed by atoms with Crippen LogP contribution in [0.1, 0.15) is 38.2 Å². The van der Waals surface area contributed by atoms with Crippen molar-refractivity contribution >= 4 is 10.0 Å². The zero-order valence-corrected chi connectivity index (χ0v) is 14.6. The summed E-state index contributed by atoms with van der Waals surface area (Å²) in [5.41, 5.74) is 1.15. The molecule has 23 heavy (non-hydrogen) atoms. The molecule has 0 amide bonds. The van der Waals surface area contributed by atoms with Crippen LogP contribution in [-0.2, 0) is 19.5 Å². The molecule has 0 spiro atoms. The molecule has 1 aromatic rings. The first kappa shape index (κ1) is 16.9. The first-order chi connectivity index (χ1) is 11.0. The smallest absolute Gasteiger partial charge is 0.243 e. The van der Waals surface area contributed by atoms with Crippen molar-refractivity contribution in [2.75, 3.05) is 26.3 Å². The molecule has 1 atom stereocenters. The van der Waals surface area contributed by atoms with Crippen LogP contribution in [0.2, 0.25) is 0 Å². The summed E-state index contributed by atoms with van der Waals surface area (Å²) in [6.45, 7) is 6.44. The number of piperidine rings is 1. The molecule has 0 aromatic heterocycles. The standard InChI is InChI=1S/C17H25NO4S/c1-13(2)14-5-7-16(8-6-14)23(19,20)18-9-3-4-15(12-18)17-21-10-11-22-17/h5-8,13,15,17H,3-4,9-12H2,1-2H3. The Labute approximate surface area is 138 Å². The topological polar surface area (TPSA) is 55.8 Å². The van der Waals surface area contributed by atoms with Crippen molar-refractivity contribution in [2.24, 2.45) is 5.92 Å². The van der Waals surface area contributed by atoms with Crippen LogP contribution in [0.3, 0.4) is 0 Å². The quantitative estimate of drug-likeness (QED) is 0.846. The molecule has 0 bridgehead atoms. The van der Waals surface area contributed by atoms with E-state index in [1.807, 2.05) is 12.1 Å². The van der Waals surface area contributed by atoms with Crippen molar-refractivity contribution in [2.45, 2.75) is 43.8 Å². The van der Waals surface area contributed by atoms with E-state index in [0.29, 0.717) is 37.1 Å². The number of hydrogen-bond acceptors (Lipinski definition) is 4. The van der Waals surface area contributed by atoms with Crippen molar-refractivity contribution < 1.29 is 17.9 Å². The van der Waals surface area contributed by atoms with Crippen molar-refractivity contribution in [3.8, 4) is 0 Å². The van der Waals surface area contributed by atoms with Gasteiger partial charge < -0.3 is 9.47 Å². The SMILES string of the molecule is CC(C)c1ccc(S(=O)(=O)N2CCCC(C3OCCO3)C2)cc1. The molecule has 6 heteroatoms. The highest BCUT2D eigenvalue weighted by molar-refractivity contribution is 7.89. The number of ether oxygens (including phenoxy) is 2. The van der Waals surface area contributed by atoms with Crippen LogP contribution in [0.15, 0.2) is 29.2 Å². The molecule has 2 aliphatic rings. The van der Waals surface area contributed by atoms with Crippen LogP contribution in [-0.4, -0.2) is 45.3 Å². The van der Waals surface area contributed by atoms with Gasteiger partial charge in [0.2, 0.25) is 10.0 Å². The zero-order valence-electron chi connectivity index (χ0n) is 13.8. The third kappa shape index (κ3) is 3.60. The summed E-state index contributed by atoms with van der Waals surface area (Å²) in [6, 6.07) is 7.25. The van der Waals surface area contributed by atoms with E-state index < -0.39 is 10.0 Å². The minimum atomic E-state index is -3.44. The maximum absolute atomic E-state index is 12.9. The van der Waals surface area contributed by atoms with Crippen molar-refractivity contribution in [1.29, 1.82) is 0 Å². The fourth-order valence-electron chi connectivity index (χ4n) is 3.24. The summed E-state index contributed by atoms with van der Waals surface area (Å²) in [5.74, 6) is 0.513. The molecular weight excluding hydrogens is 314 g/mol. The van der Waals surface area contributed by atoms with Gasteiger partial charge in [-0.2, -0.15) is 4.31 Å². The zero-order chi connectivity index (χ0) is 16.4. The number of rotatable bonds is 4. The summed E-state index contributed by atoms with van der Waals surface area (Å²) in [4.78, 5) is 0.371. The molecule has 1 unspecified atom stereocenters. The Balaban J connectivity index is 1.75. The molecule has 2 fully saturated rings. The first-order valence-electron chi connectivity index (χ1n) is 8.32. The Bertz CT molecular complexity index is 620. The molecule has 0 radical (unpaired) electrons. The van der Waals surface area contributed by atoms with E-state index in [9.17, 15) is 8.42 Å². The highest BCUT2D eigenvalue weighted by atomic mass is 32.2. The van der Waals surface area contributed by atoms with E-state index in [-0.39, 0.29) is 12.2 Å². The van der Waals surface area contributed by atoms with Crippen LogP contribution in [0.5, 0.6) is 0 Å². The largest absolute Gasteiger partial charge is 0.350 e. The van der Waals surface area contributed by atoms with Gasteiger partial charge in [-0.25, -0.2) is 8.42 Å². The molecule has 2 saturated heterocycles. The summed E-state index contributed by atoms with van der Waals surface area (Å²) >= 11 is 0. The van der Waals surface area contributed by atoms with Gasteiger partial charge in [-0.3, -0.25) is 0 Å². The average molecular weight is 339 g/mol. The normalized spacial score (nSPS) is 24.4. The Hall–Kier alpha value is -0.950. The Morgan fingerprint density at radius 1 is 1.13 bits per heavy atom. The fourth-order valence-corrected chi connectivity index (χ4v) is 4.77. The molecule has 3 rings (SSSR count). The first-order valence-corrected chi connectivity index (χ1v) is 9.76. The van der Waals surface area contributed by atoms with Crippen LogP contribution < -0.4 is 0 Å². The molecule has 0 N–H and O–H groups in total. The third-order valence-corrected chi connectivity index (χ3v) is 6.52. The van der Waals surface area contributed by atoms with Crippen LogP contribution in [0.4, 0.5) is 0 Å². The van der Waals surface area contributed by atoms with E-state index in [0.717, 1.165) is 18.4 Å². The van der Waals surface area contributed by atoms with E-state index in [1.165, 1.54) is 0 Å². The number of sulfonamides is 1. The molecule has 1 aromatic carbocycles. The highest BCUT2D eigenvalue weighted by Crippen LogP contribution is 2.29. The average Bonchev–Trinajstić information content (AvgIpc) is 3.09. The highest BCUT2D eigenvalue weighted by Gasteiger charge is 2.36.